The van der Waals surface area contributed by atoms with Gasteiger partial charge < -0.3 is 10.1 Å². The van der Waals surface area contributed by atoms with Gasteiger partial charge in [0.1, 0.15) is 11.9 Å². The minimum absolute atomic E-state index is 0.319. The van der Waals surface area contributed by atoms with Gasteiger partial charge in [-0.3, -0.25) is 4.79 Å². The summed E-state index contributed by atoms with van der Waals surface area (Å²) >= 11 is 0. The summed E-state index contributed by atoms with van der Waals surface area (Å²) in [6, 6.07) is 18.3. The van der Waals surface area contributed by atoms with E-state index in [2.05, 4.69) is 5.32 Å². The number of carbonyl (C=O) groups excluding carboxylic acids is 2. The van der Waals surface area contributed by atoms with Crippen LogP contribution in [0.2, 0.25) is 0 Å². The molecule has 4 nitrogen and oxygen atoms in total. The Labute approximate surface area is 162 Å². The number of amides is 1. The van der Waals surface area contributed by atoms with E-state index in [4.69, 9.17) is 4.74 Å². The number of ether oxygens (including phenoxy) is 1. The van der Waals surface area contributed by atoms with E-state index in [-0.39, 0.29) is 17.8 Å². The second-order valence-electron chi connectivity index (χ2n) is 6.84. The smallest absolute Gasteiger partial charge is 0.339 e. The third-order valence-electron chi connectivity index (χ3n) is 4.79. The topological polar surface area (TPSA) is 55.4 Å². The maximum Gasteiger partial charge on any atom is 0.339 e. The van der Waals surface area contributed by atoms with Crippen molar-refractivity contribution in [2.24, 2.45) is 0 Å². The summed E-state index contributed by atoms with van der Waals surface area (Å²) in [6.07, 6.45) is 0.123. The predicted octanol–water partition coefficient (Wildman–Crippen LogP) is 4.84. The van der Waals surface area contributed by atoms with E-state index in [1.165, 1.54) is 24.3 Å². The number of nitrogens with one attached hydrogen (secondary N) is 1. The fourth-order valence-corrected chi connectivity index (χ4v) is 3.24. The largest absolute Gasteiger partial charge is 0.454 e. The summed E-state index contributed by atoms with van der Waals surface area (Å²) in [5, 5.41) is 2.73. The number of aryl methyl sites for hydroxylation is 1. The number of benzene rings is 3. The Morgan fingerprint density at radius 1 is 1.04 bits per heavy atom. The molecule has 1 aliphatic heterocycles. The molecule has 3 aromatic rings. The van der Waals surface area contributed by atoms with Crippen molar-refractivity contribution in [2.45, 2.75) is 19.4 Å². The third kappa shape index (κ3) is 3.64. The van der Waals surface area contributed by atoms with E-state index >= 15 is 0 Å². The van der Waals surface area contributed by atoms with Gasteiger partial charge >= 0.3 is 5.97 Å². The molecule has 1 N–H and O–H groups in total. The number of rotatable bonds is 3. The molecule has 1 amide bonds. The van der Waals surface area contributed by atoms with Crippen LogP contribution in [0.4, 0.5) is 10.1 Å². The van der Waals surface area contributed by atoms with Crippen molar-refractivity contribution in [2.75, 3.05) is 5.32 Å². The molecule has 0 bridgehead atoms. The van der Waals surface area contributed by atoms with E-state index in [0.29, 0.717) is 23.2 Å². The number of fused-ring (bicyclic) bond motifs is 1. The zero-order valence-corrected chi connectivity index (χ0v) is 15.2. The summed E-state index contributed by atoms with van der Waals surface area (Å²) < 4.78 is 18.6. The lowest BCUT2D eigenvalue weighted by molar-refractivity contribution is 0.0252. The molecule has 0 spiro atoms. The lowest BCUT2D eigenvalue weighted by atomic mass is 9.92. The zero-order valence-electron chi connectivity index (χ0n) is 15.2. The average Bonchev–Trinajstić information content (AvgIpc) is 2.69. The molecule has 0 aliphatic carbocycles. The van der Waals surface area contributed by atoms with Gasteiger partial charge in [-0.05, 0) is 60.5 Å². The van der Waals surface area contributed by atoms with Crippen LogP contribution in [0.15, 0.2) is 66.7 Å². The summed E-state index contributed by atoms with van der Waals surface area (Å²) in [4.78, 5) is 24.9. The van der Waals surface area contributed by atoms with E-state index in [1.807, 2.05) is 31.2 Å². The lowest BCUT2D eigenvalue weighted by Gasteiger charge is -2.25. The molecule has 140 valence electrons. The highest BCUT2D eigenvalue weighted by molar-refractivity contribution is 6.05. The Morgan fingerprint density at radius 3 is 2.46 bits per heavy atom. The highest BCUT2D eigenvalue weighted by Crippen LogP contribution is 2.31. The maximum absolute atomic E-state index is 13.0. The number of halogens is 1. The molecule has 0 saturated heterocycles. The molecule has 1 aliphatic rings. The van der Waals surface area contributed by atoms with Gasteiger partial charge in [-0.1, -0.05) is 29.8 Å². The average molecular weight is 375 g/mol. The number of esters is 1. The van der Waals surface area contributed by atoms with Crippen molar-refractivity contribution in [1.29, 1.82) is 0 Å². The van der Waals surface area contributed by atoms with Crippen LogP contribution in [0.25, 0.3) is 0 Å². The van der Waals surface area contributed by atoms with E-state index in [1.54, 1.807) is 18.2 Å². The van der Waals surface area contributed by atoms with Gasteiger partial charge in [0, 0.05) is 17.7 Å². The van der Waals surface area contributed by atoms with Crippen LogP contribution in [0.1, 0.15) is 43.5 Å². The normalized spacial score (nSPS) is 15.5. The number of hydrogen-bond donors (Lipinski definition) is 1. The maximum atomic E-state index is 13.0. The first-order valence-electron chi connectivity index (χ1n) is 8.97. The van der Waals surface area contributed by atoms with Gasteiger partial charge in [0.25, 0.3) is 5.91 Å². The summed E-state index contributed by atoms with van der Waals surface area (Å²) in [5.74, 6) is -1.08. The minimum atomic E-state index is -0.391. The summed E-state index contributed by atoms with van der Waals surface area (Å²) in [5.41, 5.74) is 4.23. The number of anilines is 1. The number of hydrogen-bond acceptors (Lipinski definition) is 3. The molecule has 28 heavy (non-hydrogen) atoms. The summed E-state index contributed by atoms with van der Waals surface area (Å²) in [7, 11) is 0. The highest BCUT2D eigenvalue weighted by Gasteiger charge is 2.28. The predicted molar refractivity (Wildman–Crippen MR) is 104 cm³/mol. The first kappa shape index (κ1) is 17.9. The Bertz CT molecular complexity index is 1040. The second-order valence-corrected chi connectivity index (χ2v) is 6.84. The van der Waals surface area contributed by atoms with Gasteiger partial charge in [-0.15, -0.1) is 0 Å². The van der Waals surface area contributed by atoms with Crippen molar-refractivity contribution in [1.82, 2.24) is 0 Å². The molecule has 0 saturated carbocycles. The van der Waals surface area contributed by atoms with Crippen LogP contribution >= 0.6 is 0 Å². The van der Waals surface area contributed by atoms with E-state index < -0.39 is 5.97 Å². The first-order valence-corrected chi connectivity index (χ1v) is 8.97. The first-order chi connectivity index (χ1) is 13.5. The Balaban J connectivity index is 1.57. The fraction of sp³-hybridized carbons (Fsp3) is 0.130. The second kappa shape index (κ2) is 7.27. The van der Waals surface area contributed by atoms with Gasteiger partial charge in [-0.2, -0.15) is 0 Å². The summed E-state index contributed by atoms with van der Waals surface area (Å²) in [6.45, 7) is 2.00. The molecular formula is C23H18FNO3. The Morgan fingerprint density at radius 2 is 1.75 bits per heavy atom. The van der Waals surface area contributed by atoms with E-state index in [9.17, 15) is 14.0 Å². The molecule has 0 radical (unpaired) electrons. The van der Waals surface area contributed by atoms with Gasteiger partial charge in [0.2, 0.25) is 0 Å². The molecule has 1 atom stereocenters. The fourth-order valence-electron chi connectivity index (χ4n) is 3.24. The van der Waals surface area contributed by atoms with Crippen molar-refractivity contribution < 1.29 is 18.7 Å². The van der Waals surface area contributed by atoms with Crippen LogP contribution in [0, 0.1) is 12.7 Å². The van der Waals surface area contributed by atoms with Crippen LogP contribution in [-0.2, 0) is 11.2 Å². The van der Waals surface area contributed by atoms with Gasteiger partial charge in [0.15, 0.2) is 0 Å². The molecular weight excluding hydrogens is 357 g/mol. The van der Waals surface area contributed by atoms with Crippen molar-refractivity contribution >= 4 is 17.6 Å². The quantitative estimate of drug-likeness (QED) is 0.667. The molecule has 0 fully saturated rings. The highest BCUT2D eigenvalue weighted by atomic mass is 19.1. The van der Waals surface area contributed by atoms with E-state index in [0.717, 1.165) is 16.7 Å². The SMILES string of the molecule is Cc1ccc(C2Cc3cc(C(=O)Nc4ccc(F)cc4)ccc3C(=O)O2)cc1. The van der Waals surface area contributed by atoms with Crippen LogP contribution in [0.3, 0.4) is 0 Å². The standard InChI is InChI=1S/C23H18FNO3/c1-14-2-4-15(5-3-14)21-13-17-12-16(6-11-20(17)23(27)28-21)22(26)25-19-9-7-18(24)8-10-19/h2-12,21H,13H2,1H3,(H,25,26). The van der Waals surface area contributed by atoms with Crippen molar-refractivity contribution in [3.63, 3.8) is 0 Å². The van der Waals surface area contributed by atoms with Gasteiger partial charge in [-0.25, -0.2) is 9.18 Å². The van der Waals surface area contributed by atoms with Crippen molar-refractivity contribution in [3.05, 3.63) is 100 Å². The lowest BCUT2D eigenvalue weighted by Crippen LogP contribution is -2.23. The van der Waals surface area contributed by atoms with Crippen molar-refractivity contribution in [3.8, 4) is 0 Å². The number of cyclic esters (lactones) is 1. The Kier molecular flexibility index (Phi) is 4.65. The van der Waals surface area contributed by atoms with Gasteiger partial charge in [0.05, 0.1) is 5.56 Å². The number of carbonyl (C=O) groups is 2. The molecule has 4 rings (SSSR count). The molecule has 1 heterocycles. The Hall–Kier alpha value is -3.47. The molecule has 0 aromatic heterocycles. The molecule has 1 unspecified atom stereocenters. The van der Waals surface area contributed by atoms with Crippen LogP contribution in [-0.4, -0.2) is 11.9 Å². The molecule has 3 aromatic carbocycles. The van der Waals surface area contributed by atoms with Crippen LogP contribution < -0.4 is 5.32 Å². The minimum Gasteiger partial charge on any atom is -0.454 e. The van der Waals surface area contributed by atoms with Crippen LogP contribution in [0.5, 0.6) is 0 Å². The zero-order chi connectivity index (χ0) is 19.7. The third-order valence-corrected chi connectivity index (χ3v) is 4.79. The molecule has 5 heteroatoms. The monoisotopic (exact) mass is 375 g/mol.